The first-order valence-corrected chi connectivity index (χ1v) is 14.1. The summed E-state index contributed by atoms with van der Waals surface area (Å²) >= 11 is 0. The third-order valence-corrected chi connectivity index (χ3v) is 8.04. The molecule has 1 aromatic heterocycles. The molecule has 194 valence electrons. The van der Waals surface area contributed by atoms with E-state index in [1.807, 2.05) is 27.7 Å². The maximum atomic E-state index is 13.2. The lowest BCUT2D eigenvalue weighted by Crippen LogP contribution is -2.55. The maximum Gasteiger partial charge on any atom is 0.501 e. The molecule has 34 heavy (non-hydrogen) atoms. The van der Waals surface area contributed by atoms with Crippen molar-refractivity contribution in [1.29, 1.82) is 0 Å². The second-order valence-corrected chi connectivity index (χ2v) is 11.7. The Hall–Kier alpha value is -2.01. The van der Waals surface area contributed by atoms with E-state index in [4.69, 9.17) is 13.3 Å². The van der Waals surface area contributed by atoms with Crippen molar-refractivity contribution in [3.8, 4) is 0 Å². The van der Waals surface area contributed by atoms with Crippen LogP contribution in [0.2, 0.25) is 6.04 Å². The summed E-state index contributed by atoms with van der Waals surface area (Å²) in [6, 6.07) is 0.457. The zero-order valence-electron chi connectivity index (χ0n) is 21.9. The van der Waals surface area contributed by atoms with Crippen LogP contribution >= 0.6 is 0 Å². The van der Waals surface area contributed by atoms with Crippen molar-refractivity contribution >= 4 is 8.80 Å². The third-order valence-electron chi connectivity index (χ3n) is 4.91. The molecule has 1 aromatic rings. The zero-order chi connectivity index (χ0) is 25.9. The minimum Gasteiger partial charge on any atom is -0.373 e. The van der Waals surface area contributed by atoms with Gasteiger partial charge in [-0.15, -0.1) is 0 Å². The van der Waals surface area contributed by atoms with E-state index in [-0.39, 0.29) is 25.6 Å². The summed E-state index contributed by atoms with van der Waals surface area (Å²) in [7, 11) is -3.02. The van der Waals surface area contributed by atoms with Gasteiger partial charge in [0, 0.05) is 32.4 Å². The Morgan fingerprint density at radius 3 is 1.44 bits per heavy atom. The summed E-state index contributed by atoms with van der Waals surface area (Å²) in [4.78, 5) is 39.2. The normalized spacial score (nSPS) is 12.6. The second-order valence-electron chi connectivity index (χ2n) is 9.08. The molecule has 0 aliphatic carbocycles. The summed E-state index contributed by atoms with van der Waals surface area (Å²) in [5.41, 5.74) is -0.668. The third kappa shape index (κ3) is 8.64. The van der Waals surface area contributed by atoms with Crippen LogP contribution in [0.4, 0.5) is 0 Å². The van der Waals surface area contributed by atoms with E-state index in [0.29, 0.717) is 37.0 Å². The molecule has 1 atom stereocenters. The summed E-state index contributed by atoms with van der Waals surface area (Å²) in [6.07, 6.45) is 2.47. The van der Waals surface area contributed by atoms with Gasteiger partial charge >= 0.3 is 25.9 Å². The standard InChI is InChI=1S/C24H43N3O6Si/c1-9-12-31-34(32-13-10-2,33-14-11-3)18-21(8)17-27-23(29)25(15-19(4)5)22(28)26(24(27)30)16-20(6)7/h21H,4,6,9-18H2,1-3,5,7-8H3. The smallest absolute Gasteiger partial charge is 0.373 e. The largest absolute Gasteiger partial charge is 0.501 e. The predicted molar refractivity (Wildman–Crippen MR) is 137 cm³/mol. The van der Waals surface area contributed by atoms with Gasteiger partial charge in [0.1, 0.15) is 0 Å². The minimum absolute atomic E-state index is 0.0417. The molecule has 1 unspecified atom stereocenters. The highest BCUT2D eigenvalue weighted by Crippen LogP contribution is 2.23. The second kappa shape index (κ2) is 14.4. The Labute approximate surface area is 204 Å². The fourth-order valence-electron chi connectivity index (χ4n) is 3.53. The van der Waals surface area contributed by atoms with E-state index in [2.05, 4.69) is 13.2 Å². The van der Waals surface area contributed by atoms with Gasteiger partial charge in [0.05, 0.1) is 13.1 Å². The molecule has 0 spiro atoms. The van der Waals surface area contributed by atoms with Gasteiger partial charge in [0.2, 0.25) is 0 Å². The quantitative estimate of drug-likeness (QED) is 0.242. The lowest BCUT2D eigenvalue weighted by Gasteiger charge is -2.31. The first kappa shape index (κ1) is 30.0. The fraction of sp³-hybridized carbons (Fsp3) is 0.708. The molecule has 0 aliphatic heterocycles. The average Bonchev–Trinajstić information content (AvgIpc) is 2.77. The lowest BCUT2D eigenvalue weighted by molar-refractivity contribution is 0.0550. The molecular weight excluding hydrogens is 454 g/mol. The van der Waals surface area contributed by atoms with Crippen LogP contribution in [-0.2, 0) is 32.9 Å². The predicted octanol–water partition coefficient (Wildman–Crippen LogP) is 3.18. The zero-order valence-corrected chi connectivity index (χ0v) is 22.9. The van der Waals surface area contributed by atoms with Crippen LogP contribution in [0, 0.1) is 5.92 Å². The van der Waals surface area contributed by atoms with Crippen molar-refractivity contribution in [1.82, 2.24) is 13.7 Å². The molecule has 10 heteroatoms. The SMILES string of the molecule is C=C(C)Cn1c(=O)n(CC(=C)C)c(=O)n(CC(C)C[Si](OCCC)(OCCC)OCCC)c1=O. The number of aromatic nitrogens is 3. The molecular formula is C24H43N3O6Si. The number of nitrogens with zero attached hydrogens (tertiary/aromatic N) is 3. The van der Waals surface area contributed by atoms with Gasteiger partial charge in [-0.05, 0) is 39.0 Å². The Morgan fingerprint density at radius 2 is 1.12 bits per heavy atom. The Balaban J connectivity index is 3.43. The molecule has 0 aromatic carbocycles. The molecule has 0 saturated carbocycles. The molecule has 0 aliphatic rings. The van der Waals surface area contributed by atoms with E-state index in [1.54, 1.807) is 13.8 Å². The molecule has 0 bridgehead atoms. The van der Waals surface area contributed by atoms with Crippen LogP contribution in [0.5, 0.6) is 0 Å². The highest BCUT2D eigenvalue weighted by molar-refractivity contribution is 6.60. The van der Waals surface area contributed by atoms with E-state index < -0.39 is 25.9 Å². The molecule has 0 amide bonds. The highest BCUT2D eigenvalue weighted by atomic mass is 28.4. The Morgan fingerprint density at radius 1 is 0.765 bits per heavy atom. The molecule has 1 rings (SSSR count). The number of hydrogen-bond donors (Lipinski definition) is 0. The van der Waals surface area contributed by atoms with Crippen LogP contribution in [0.1, 0.15) is 60.8 Å². The topological polar surface area (TPSA) is 93.7 Å². The first-order valence-electron chi connectivity index (χ1n) is 12.2. The monoisotopic (exact) mass is 497 g/mol. The van der Waals surface area contributed by atoms with Gasteiger partial charge in [0.15, 0.2) is 0 Å². The molecule has 0 fully saturated rings. The summed E-state index contributed by atoms with van der Waals surface area (Å²) in [6.45, 7) is 20.8. The van der Waals surface area contributed by atoms with Crippen molar-refractivity contribution in [2.75, 3.05) is 19.8 Å². The summed E-state index contributed by atoms with van der Waals surface area (Å²) < 4.78 is 21.7. The molecule has 0 N–H and O–H groups in total. The van der Waals surface area contributed by atoms with Crippen LogP contribution < -0.4 is 17.1 Å². The Kier molecular flexibility index (Phi) is 12.7. The van der Waals surface area contributed by atoms with Crippen molar-refractivity contribution in [2.24, 2.45) is 5.92 Å². The van der Waals surface area contributed by atoms with Gasteiger partial charge in [-0.2, -0.15) is 0 Å². The van der Waals surface area contributed by atoms with Crippen molar-refractivity contribution in [2.45, 2.75) is 86.5 Å². The van der Waals surface area contributed by atoms with E-state index in [1.165, 1.54) is 0 Å². The Bertz CT molecular complexity index is 918. The van der Waals surface area contributed by atoms with Gasteiger partial charge in [-0.1, -0.05) is 52.0 Å². The average molecular weight is 498 g/mol. The van der Waals surface area contributed by atoms with Crippen molar-refractivity contribution in [3.63, 3.8) is 0 Å². The van der Waals surface area contributed by atoms with Crippen LogP contribution in [0.15, 0.2) is 38.7 Å². The van der Waals surface area contributed by atoms with E-state index in [9.17, 15) is 14.4 Å². The van der Waals surface area contributed by atoms with Crippen LogP contribution in [-0.4, -0.2) is 42.3 Å². The molecule has 9 nitrogen and oxygen atoms in total. The molecule has 0 saturated heterocycles. The fourth-order valence-corrected chi connectivity index (χ4v) is 6.66. The summed E-state index contributed by atoms with van der Waals surface area (Å²) in [5, 5.41) is 0. The number of hydrogen-bond acceptors (Lipinski definition) is 6. The van der Waals surface area contributed by atoms with Gasteiger partial charge < -0.3 is 13.3 Å². The van der Waals surface area contributed by atoms with Crippen molar-refractivity contribution in [3.05, 3.63) is 55.8 Å². The number of allylic oxidation sites excluding steroid dienone is 2. The van der Waals surface area contributed by atoms with Gasteiger partial charge in [0.25, 0.3) is 0 Å². The molecule has 0 radical (unpaired) electrons. The minimum atomic E-state index is -3.02. The van der Waals surface area contributed by atoms with E-state index >= 15 is 0 Å². The van der Waals surface area contributed by atoms with Crippen LogP contribution in [0.25, 0.3) is 0 Å². The maximum absolute atomic E-state index is 13.2. The number of rotatable bonds is 17. The highest BCUT2D eigenvalue weighted by Gasteiger charge is 2.42. The van der Waals surface area contributed by atoms with Crippen LogP contribution in [0.3, 0.4) is 0 Å². The lowest BCUT2D eigenvalue weighted by atomic mass is 10.2. The van der Waals surface area contributed by atoms with Crippen molar-refractivity contribution < 1.29 is 13.3 Å². The summed E-state index contributed by atoms with van der Waals surface area (Å²) in [5.74, 6) is -0.170. The first-order chi connectivity index (χ1) is 16.0. The van der Waals surface area contributed by atoms with E-state index in [0.717, 1.165) is 33.0 Å². The van der Waals surface area contributed by atoms with Gasteiger partial charge in [-0.3, -0.25) is 0 Å². The van der Waals surface area contributed by atoms with Gasteiger partial charge in [-0.25, -0.2) is 28.1 Å². The molecule has 1 heterocycles.